The van der Waals surface area contributed by atoms with E-state index in [1.54, 1.807) is 13.3 Å². The second-order valence-electron chi connectivity index (χ2n) is 7.29. The summed E-state index contributed by atoms with van der Waals surface area (Å²) in [5.74, 6) is 2.95. The van der Waals surface area contributed by atoms with Gasteiger partial charge in [-0.25, -0.2) is 4.98 Å². The Balaban J connectivity index is 0.00000320. The van der Waals surface area contributed by atoms with Gasteiger partial charge < -0.3 is 20.0 Å². The molecule has 1 aliphatic heterocycles. The van der Waals surface area contributed by atoms with E-state index in [1.165, 1.54) is 0 Å². The minimum absolute atomic E-state index is 0. The highest BCUT2D eigenvalue weighted by Gasteiger charge is 2.21. The van der Waals surface area contributed by atoms with Crippen LogP contribution in [0.3, 0.4) is 0 Å². The molecule has 0 spiro atoms. The first-order valence-corrected chi connectivity index (χ1v) is 9.97. The van der Waals surface area contributed by atoms with E-state index < -0.39 is 0 Å². The van der Waals surface area contributed by atoms with Gasteiger partial charge in [0.2, 0.25) is 11.7 Å². The lowest BCUT2D eigenvalue weighted by molar-refractivity contribution is -0.123. The van der Waals surface area contributed by atoms with Gasteiger partial charge >= 0.3 is 0 Å². The number of H-pyrrole nitrogens is 1. The number of hydrogen-bond acceptors (Lipinski definition) is 6. The number of rotatable bonds is 7. The van der Waals surface area contributed by atoms with Gasteiger partial charge in [0.15, 0.2) is 11.7 Å². The summed E-state index contributed by atoms with van der Waals surface area (Å²) in [5.41, 5.74) is 0. The van der Waals surface area contributed by atoms with Crippen LogP contribution in [0.25, 0.3) is 11.6 Å². The molecular formula is C19H31IN8O2. The molecule has 0 unspecified atom stereocenters. The molecule has 3 heterocycles. The molecule has 2 aromatic heterocycles. The average molecular weight is 530 g/mol. The van der Waals surface area contributed by atoms with Gasteiger partial charge in [-0.1, -0.05) is 0 Å². The fourth-order valence-corrected chi connectivity index (χ4v) is 3.24. The summed E-state index contributed by atoms with van der Waals surface area (Å²) in [5, 5.41) is 13.4. The third-order valence-corrected chi connectivity index (χ3v) is 4.62. The number of carbonyl (C=O) groups excluding carboxylic acids is 1. The molecule has 0 radical (unpaired) electrons. The molecule has 1 amide bonds. The first-order valence-electron chi connectivity index (χ1n) is 9.97. The molecule has 1 fully saturated rings. The van der Waals surface area contributed by atoms with Crippen molar-refractivity contribution >= 4 is 35.8 Å². The number of nitrogens with one attached hydrogen (secondary N) is 3. The summed E-state index contributed by atoms with van der Waals surface area (Å²) < 4.78 is 5.31. The van der Waals surface area contributed by atoms with Crippen LogP contribution in [0.4, 0.5) is 0 Å². The number of piperazine rings is 1. The van der Waals surface area contributed by atoms with E-state index in [-0.39, 0.29) is 35.9 Å². The molecule has 0 aliphatic carbocycles. The van der Waals surface area contributed by atoms with Crippen LogP contribution in [-0.4, -0.2) is 89.2 Å². The van der Waals surface area contributed by atoms with Gasteiger partial charge in [0.25, 0.3) is 0 Å². The van der Waals surface area contributed by atoms with Gasteiger partial charge in [-0.2, -0.15) is 5.10 Å². The third-order valence-electron chi connectivity index (χ3n) is 4.62. The molecule has 0 atom stereocenters. The van der Waals surface area contributed by atoms with E-state index in [0.29, 0.717) is 31.1 Å². The lowest BCUT2D eigenvalue weighted by atomic mass is 10.3. The van der Waals surface area contributed by atoms with Crippen LogP contribution >= 0.6 is 24.0 Å². The maximum absolute atomic E-state index is 11.9. The number of carbonyl (C=O) groups is 1. The molecular weight excluding hydrogens is 499 g/mol. The van der Waals surface area contributed by atoms with Crippen molar-refractivity contribution in [1.82, 2.24) is 35.6 Å². The first kappa shape index (κ1) is 24.1. The van der Waals surface area contributed by atoms with Crippen molar-refractivity contribution in [2.75, 3.05) is 46.3 Å². The number of aromatic nitrogens is 3. The molecule has 30 heavy (non-hydrogen) atoms. The van der Waals surface area contributed by atoms with Crippen molar-refractivity contribution in [3.05, 3.63) is 24.2 Å². The molecule has 0 saturated carbocycles. The zero-order chi connectivity index (χ0) is 20.6. The van der Waals surface area contributed by atoms with Crippen LogP contribution in [-0.2, 0) is 11.2 Å². The van der Waals surface area contributed by atoms with Crippen molar-refractivity contribution in [1.29, 1.82) is 0 Å². The number of amides is 1. The summed E-state index contributed by atoms with van der Waals surface area (Å²) in [6, 6.07) is 3.82. The summed E-state index contributed by atoms with van der Waals surface area (Å²) in [6.45, 7) is 8.42. The van der Waals surface area contributed by atoms with Crippen LogP contribution in [0.5, 0.6) is 0 Å². The second-order valence-corrected chi connectivity index (χ2v) is 7.29. The SMILES string of the molecule is CN=C(NCCc1nc(-c2ccco2)n[nH]1)N1CCN(CC(=O)NC(C)C)CC1.I. The lowest BCUT2D eigenvalue weighted by Gasteiger charge is -2.36. The van der Waals surface area contributed by atoms with Crippen LogP contribution in [0.2, 0.25) is 0 Å². The maximum atomic E-state index is 11.9. The summed E-state index contributed by atoms with van der Waals surface area (Å²) in [4.78, 5) is 25.1. The van der Waals surface area contributed by atoms with Gasteiger partial charge in [-0.05, 0) is 26.0 Å². The van der Waals surface area contributed by atoms with Crippen LogP contribution < -0.4 is 10.6 Å². The summed E-state index contributed by atoms with van der Waals surface area (Å²) in [7, 11) is 1.79. The number of aromatic amines is 1. The molecule has 10 nitrogen and oxygen atoms in total. The molecule has 3 N–H and O–H groups in total. The summed E-state index contributed by atoms with van der Waals surface area (Å²) >= 11 is 0. The number of guanidine groups is 1. The Labute approximate surface area is 193 Å². The Bertz CT molecular complexity index is 797. The molecule has 2 aromatic rings. The molecule has 11 heteroatoms. The minimum Gasteiger partial charge on any atom is -0.461 e. The standard InChI is InChI=1S/C19H30N8O2.HI/c1-14(2)22-17(28)13-26-8-10-27(11-9-26)19(20-3)21-7-6-16-23-18(25-24-16)15-5-4-12-29-15;/h4-5,12,14H,6-11,13H2,1-3H3,(H,20,21)(H,22,28)(H,23,24,25);1H. The van der Waals surface area contributed by atoms with Crippen molar-refractivity contribution in [2.24, 2.45) is 4.99 Å². The van der Waals surface area contributed by atoms with Crippen molar-refractivity contribution < 1.29 is 9.21 Å². The van der Waals surface area contributed by atoms with Crippen molar-refractivity contribution in [3.63, 3.8) is 0 Å². The third kappa shape index (κ3) is 6.97. The van der Waals surface area contributed by atoms with Gasteiger partial charge in [0.05, 0.1) is 12.8 Å². The van der Waals surface area contributed by atoms with Gasteiger partial charge in [-0.3, -0.25) is 19.8 Å². The van der Waals surface area contributed by atoms with Crippen LogP contribution in [0, 0.1) is 0 Å². The normalized spacial score (nSPS) is 15.2. The Hall–Kier alpha value is -2.15. The molecule has 1 saturated heterocycles. The number of halogens is 1. The molecule has 3 rings (SSSR count). The zero-order valence-electron chi connectivity index (χ0n) is 17.7. The fourth-order valence-electron chi connectivity index (χ4n) is 3.24. The van der Waals surface area contributed by atoms with E-state index in [1.807, 2.05) is 26.0 Å². The van der Waals surface area contributed by atoms with E-state index in [9.17, 15) is 4.79 Å². The molecule has 166 valence electrons. The zero-order valence-corrected chi connectivity index (χ0v) is 20.1. The van der Waals surface area contributed by atoms with Gasteiger partial charge in [-0.15, -0.1) is 24.0 Å². The molecule has 0 aromatic carbocycles. The summed E-state index contributed by atoms with van der Waals surface area (Å²) in [6.07, 6.45) is 2.30. The molecule has 1 aliphatic rings. The fraction of sp³-hybridized carbons (Fsp3) is 0.579. The monoisotopic (exact) mass is 530 g/mol. The average Bonchev–Trinajstić information content (AvgIpc) is 3.37. The minimum atomic E-state index is 0. The van der Waals surface area contributed by atoms with Gasteiger partial charge in [0, 0.05) is 52.2 Å². The predicted molar refractivity (Wildman–Crippen MR) is 126 cm³/mol. The highest BCUT2D eigenvalue weighted by Crippen LogP contribution is 2.14. The van der Waals surface area contributed by atoms with Crippen LogP contribution in [0.1, 0.15) is 19.7 Å². The Morgan fingerprint density at radius 2 is 2.10 bits per heavy atom. The van der Waals surface area contributed by atoms with Crippen molar-refractivity contribution in [2.45, 2.75) is 26.3 Å². The number of aliphatic imine (C=N–C) groups is 1. The second kappa shape index (κ2) is 11.9. The molecule has 0 bridgehead atoms. The van der Waals surface area contributed by atoms with Crippen molar-refractivity contribution in [3.8, 4) is 11.6 Å². The quantitative estimate of drug-likeness (QED) is 0.278. The maximum Gasteiger partial charge on any atom is 0.234 e. The predicted octanol–water partition coefficient (Wildman–Crippen LogP) is 0.943. The lowest BCUT2D eigenvalue weighted by Crippen LogP contribution is -2.54. The van der Waals surface area contributed by atoms with E-state index in [4.69, 9.17) is 4.42 Å². The Morgan fingerprint density at radius 3 is 2.73 bits per heavy atom. The Morgan fingerprint density at radius 1 is 1.33 bits per heavy atom. The van der Waals surface area contributed by atoms with E-state index in [0.717, 1.165) is 38.0 Å². The smallest absolute Gasteiger partial charge is 0.234 e. The first-order chi connectivity index (χ1) is 14.0. The largest absolute Gasteiger partial charge is 0.461 e. The van der Waals surface area contributed by atoms with E-state index in [2.05, 4.69) is 40.6 Å². The van der Waals surface area contributed by atoms with Gasteiger partial charge in [0.1, 0.15) is 5.82 Å². The topological polar surface area (TPSA) is 115 Å². The van der Waals surface area contributed by atoms with E-state index >= 15 is 0 Å². The highest BCUT2D eigenvalue weighted by atomic mass is 127. The number of hydrogen-bond donors (Lipinski definition) is 3. The van der Waals surface area contributed by atoms with Crippen LogP contribution in [0.15, 0.2) is 27.8 Å². The number of nitrogens with zero attached hydrogens (tertiary/aromatic N) is 5. The number of furan rings is 1. The Kier molecular flexibility index (Phi) is 9.56. The highest BCUT2D eigenvalue weighted by molar-refractivity contribution is 14.0.